The Morgan fingerprint density at radius 1 is 1.56 bits per heavy atom. The Hall–Kier alpha value is -0.610. The first-order valence-corrected chi connectivity index (χ1v) is 6.06. The molecule has 1 aliphatic rings. The number of nitrogens with two attached hydrogens (primary N) is 1. The van der Waals surface area contributed by atoms with Crippen LogP contribution in [-0.2, 0) is 9.53 Å². The fourth-order valence-electron chi connectivity index (χ4n) is 1.73. The molecule has 1 fully saturated rings. The monoisotopic (exact) mass is 228 g/mol. The molecule has 0 radical (unpaired) electrons. The fraction of sp³-hybridized carbons (Fsp3) is 0.917. The topological polar surface area (TPSA) is 64.4 Å². The van der Waals surface area contributed by atoms with Gasteiger partial charge in [-0.3, -0.25) is 4.79 Å². The summed E-state index contributed by atoms with van der Waals surface area (Å²) in [6.45, 7) is 7.43. The Labute approximate surface area is 97.9 Å². The molecular weight excluding hydrogens is 204 g/mol. The Morgan fingerprint density at radius 2 is 2.25 bits per heavy atom. The van der Waals surface area contributed by atoms with Crippen molar-refractivity contribution in [1.82, 2.24) is 5.32 Å². The molecule has 0 aromatic carbocycles. The van der Waals surface area contributed by atoms with Crippen LogP contribution in [0, 0.1) is 5.41 Å². The van der Waals surface area contributed by atoms with Gasteiger partial charge in [0, 0.05) is 13.2 Å². The summed E-state index contributed by atoms with van der Waals surface area (Å²) in [5.74, 6) is -0.0644. The van der Waals surface area contributed by atoms with E-state index in [0.717, 1.165) is 25.9 Å². The van der Waals surface area contributed by atoms with Crippen molar-refractivity contribution in [2.24, 2.45) is 11.1 Å². The van der Waals surface area contributed by atoms with E-state index in [2.05, 4.69) is 5.32 Å². The number of ether oxygens (including phenoxy) is 1. The van der Waals surface area contributed by atoms with E-state index in [4.69, 9.17) is 10.5 Å². The molecule has 0 spiro atoms. The van der Waals surface area contributed by atoms with Gasteiger partial charge in [0.2, 0.25) is 5.91 Å². The lowest BCUT2D eigenvalue weighted by Gasteiger charge is -2.26. The summed E-state index contributed by atoms with van der Waals surface area (Å²) in [5, 5.41) is 2.87. The summed E-state index contributed by atoms with van der Waals surface area (Å²) in [6, 6.07) is -0.447. The standard InChI is InChI=1S/C12H24N2O2/c1-12(2,3)10(13)11(15)14-7-6-9-5-4-8-16-9/h9-10H,4-8,13H2,1-3H3,(H,14,15). The van der Waals surface area contributed by atoms with Crippen LogP contribution in [-0.4, -0.2) is 31.2 Å². The molecule has 2 atom stereocenters. The zero-order valence-electron chi connectivity index (χ0n) is 10.6. The smallest absolute Gasteiger partial charge is 0.237 e. The summed E-state index contributed by atoms with van der Waals surface area (Å²) in [6.07, 6.45) is 3.47. The van der Waals surface area contributed by atoms with Crippen LogP contribution in [0.3, 0.4) is 0 Å². The first-order valence-electron chi connectivity index (χ1n) is 6.06. The highest BCUT2D eigenvalue weighted by atomic mass is 16.5. The van der Waals surface area contributed by atoms with E-state index in [1.807, 2.05) is 20.8 Å². The van der Waals surface area contributed by atoms with E-state index in [9.17, 15) is 4.79 Å². The number of rotatable bonds is 4. The molecule has 2 unspecified atom stereocenters. The van der Waals surface area contributed by atoms with Crippen LogP contribution >= 0.6 is 0 Å². The van der Waals surface area contributed by atoms with Crippen LogP contribution in [0.25, 0.3) is 0 Å². The lowest BCUT2D eigenvalue weighted by atomic mass is 9.87. The van der Waals surface area contributed by atoms with Gasteiger partial charge in [0.05, 0.1) is 12.1 Å². The summed E-state index contributed by atoms with van der Waals surface area (Å²) in [5.41, 5.74) is 5.66. The van der Waals surface area contributed by atoms with Gasteiger partial charge >= 0.3 is 0 Å². The molecule has 0 bridgehead atoms. The second kappa shape index (κ2) is 5.64. The molecule has 4 heteroatoms. The predicted octanol–water partition coefficient (Wildman–Crippen LogP) is 1.05. The summed E-state index contributed by atoms with van der Waals surface area (Å²) in [7, 11) is 0. The average Bonchev–Trinajstić information content (AvgIpc) is 2.67. The molecule has 1 heterocycles. The van der Waals surface area contributed by atoms with Crippen molar-refractivity contribution in [3.05, 3.63) is 0 Å². The maximum absolute atomic E-state index is 11.7. The van der Waals surface area contributed by atoms with Gasteiger partial charge in [0.25, 0.3) is 0 Å². The zero-order chi connectivity index (χ0) is 12.2. The molecule has 4 nitrogen and oxygen atoms in total. The average molecular weight is 228 g/mol. The quantitative estimate of drug-likeness (QED) is 0.756. The van der Waals surface area contributed by atoms with Gasteiger partial charge in [-0.2, -0.15) is 0 Å². The molecule has 94 valence electrons. The van der Waals surface area contributed by atoms with E-state index < -0.39 is 6.04 Å². The molecule has 0 saturated carbocycles. The second-order valence-electron chi connectivity index (χ2n) is 5.56. The first-order chi connectivity index (χ1) is 7.41. The first kappa shape index (κ1) is 13.5. The Kier molecular flexibility index (Phi) is 4.74. The van der Waals surface area contributed by atoms with Crippen molar-refractivity contribution in [3.8, 4) is 0 Å². The number of carbonyl (C=O) groups excluding carboxylic acids is 1. The largest absolute Gasteiger partial charge is 0.378 e. The van der Waals surface area contributed by atoms with Crippen molar-refractivity contribution >= 4 is 5.91 Å². The summed E-state index contributed by atoms with van der Waals surface area (Å²) >= 11 is 0. The lowest BCUT2D eigenvalue weighted by molar-refractivity contribution is -0.124. The van der Waals surface area contributed by atoms with Gasteiger partial charge in [-0.05, 0) is 24.7 Å². The third kappa shape index (κ3) is 4.10. The van der Waals surface area contributed by atoms with E-state index in [-0.39, 0.29) is 11.3 Å². The van der Waals surface area contributed by atoms with Gasteiger partial charge in [-0.1, -0.05) is 20.8 Å². The normalized spacial score (nSPS) is 23.1. The minimum absolute atomic E-state index is 0.0644. The lowest BCUT2D eigenvalue weighted by Crippen LogP contribution is -2.49. The summed E-state index contributed by atoms with van der Waals surface area (Å²) in [4.78, 5) is 11.7. The van der Waals surface area contributed by atoms with E-state index >= 15 is 0 Å². The van der Waals surface area contributed by atoms with Gasteiger partial charge in [0.1, 0.15) is 0 Å². The maximum atomic E-state index is 11.7. The number of carbonyl (C=O) groups is 1. The summed E-state index contributed by atoms with van der Waals surface area (Å²) < 4.78 is 5.48. The van der Waals surface area contributed by atoms with Crippen LogP contribution in [0.15, 0.2) is 0 Å². The third-order valence-corrected chi connectivity index (χ3v) is 3.01. The van der Waals surface area contributed by atoms with Gasteiger partial charge in [0.15, 0.2) is 0 Å². The third-order valence-electron chi connectivity index (χ3n) is 3.01. The number of amides is 1. The highest BCUT2D eigenvalue weighted by molar-refractivity contribution is 5.82. The van der Waals surface area contributed by atoms with Gasteiger partial charge in [-0.25, -0.2) is 0 Å². The molecule has 0 aromatic heterocycles. The van der Waals surface area contributed by atoms with E-state index in [1.165, 1.54) is 0 Å². The molecule has 0 aromatic rings. The molecule has 3 N–H and O–H groups in total. The Bertz CT molecular complexity index is 230. The highest BCUT2D eigenvalue weighted by Crippen LogP contribution is 2.17. The second-order valence-corrected chi connectivity index (χ2v) is 5.56. The highest BCUT2D eigenvalue weighted by Gasteiger charge is 2.27. The molecular formula is C12H24N2O2. The van der Waals surface area contributed by atoms with Gasteiger partial charge < -0.3 is 15.8 Å². The van der Waals surface area contributed by atoms with Crippen molar-refractivity contribution in [2.75, 3.05) is 13.2 Å². The molecule has 1 rings (SSSR count). The van der Waals surface area contributed by atoms with Crippen LogP contribution in [0.1, 0.15) is 40.0 Å². The molecule has 1 saturated heterocycles. The van der Waals surface area contributed by atoms with Crippen LogP contribution in [0.5, 0.6) is 0 Å². The van der Waals surface area contributed by atoms with Crippen LogP contribution < -0.4 is 11.1 Å². The van der Waals surface area contributed by atoms with E-state index in [1.54, 1.807) is 0 Å². The minimum atomic E-state index is -0.447. The van der Waals surface area contributed by atoms with E-state index in [0.29, 0.717) is 12.6 Å². The fourth-order valence-corrected chi connectivity index (χ4v) is 1.73. The molecule has 16 heavy (non-hydrogen) atoms. The van der Waals surface area contributed by atoms with Crippen molar-refractivity contribution in [3.63, 3.8) is 0 Å². The Morgan fingerprint density at radius 3 is 2.75 bits per heavy atom. The number of hydrogen-bond acceptors (Lipinski definition) is 3. The predicted molar refractivity (Wildman–Crippen MR) is 64.0 cm³/mol. The van der Waals surface area contributed by atoms with Crippen LogP contribution in [0.4, 0.5) is 0 Å². The minimum Gasteiger partial charge on any atom is -0.378 e. The Balaban J connectivity index is 2.19. The number of hydrogen-bond donors (Lipinski definition) is 2. The number of nitrogens with one attached hydrogen (secondary N) is 1. The molecule has 1 amide bonds. The zero-order valence-corrected chi connectivity index (χ0v) is 10.6. The van der Waals surface area contributed by atoms with Crippen molar-refractivity contribution in [1.29, 1.82) is 0 Å². The molecule has 0 aliphatic carbocycles. The van der Waals surface area contributed by atoms with Crippen LogP contribution in [0.2, 0.25) is 0 Å². The van der Waals surface area contributed by atoms with Crippen molar-refractivity contribution in [2.45, 2.75) is 52.2 Å². The molecule has 1 aliphatic heterocycles. The van der Waals surface area contributed by atoms with Gasteiger partial charge in [-0.15, -0.1) is 0 Å². The van der Waals surface area contributed by atoms with Crippen molar-refractivity contribution < 1.29 is 9.53 Å². The maximum Gasteiger partial charge on any atom is 0.237 e. The SMILES string of the molecule is CC(C)(C)C(N)C(=O)NCCC1CCCO1.